The Balaban J connectivity index is 1.54. The summed E-state index contributed by atoms with van der Waals surface area (Å²) in [5, 5.41) is 3.20. The van der Waals surface area contributed by atoms with Gasteiger partial charge in [0.05, 0.1) is 0 Å². The van der Waals surface area contributed by atoms with E-state index in [4.69, 9.17) is 0 Å². The summed E-state index contributed by atoms with van der Waals surface area (Å²) < 4.78 is 0. The Hall–Kier alpha value is -1.55. The summed E-state index contributed by atoms with van der Waals surface area (Å²) >= 11 is 0. The molecule has 0 aromatic heterocycles. The highest BCUT2D eigenvalue weighted by atomic mass is 16.2. The van der Waals surface area contributed by atoms with E-state index in [1.807, 2.05) is 11.9 Å². The van der Waals surface area contributed by atoms with Crippen LogP contribution in [0.5, 0.6) is 0 Å². The fourth-order valence-corrected chi connectivity index (χ4v) is 4.46. The first-order valence-corrected chi connectivity index (χ1v) is 10.2. The molecule has 1 saturated carbocycles. The molecule has 2 unspecified atom stereocenters. The normalized spacial score (nSPS) is 24.0. The molecule has 1 aromatic rings. The van der Waals surface area contributed by atoms with Crippen LogP contribution in [-0.2, 0) is 13.0 Å². The van der Waals surface area contributed by atoms with Crippen LogP contribution < -0.4 is 5.32 Å². The van der Waals surface area contributed by atoms with Gasteiger partial charge in [-0.15, -0.1) is 0 Å². The van der Waals surface area contributed by atoms with Gasteiger partial charge in [-0.05, 0) is 50.2 Å². The van der Waals surface area contributed by atoms with Crippen molar-refractivity contribution in [1.29, 1.82) is 0 Å². The van der Waals surface area contributed by atoms with E-state index in [0.717, 1.165) is 38.3 Å². The highest BCUT2D eigenvalue weighted by Gasteiger charge is 2.31. The zero-order chi connectivity index (χ0) is 18.7. The lowest BCUT2D eigenvalue weighted by Gasteiger charge is -2.42. The minimum absolute atomic E-state index is 0.0517. The van der Waals surface area contributed by atoms with Gasteiger partial charge in [-0.25, -0.2) is 4.79 Å². The number of carbonyl (C=O) groups excluding carboxylic acids is 1. The molecule has 144 valence electrons. The van der Waals surface area contributed by atoms with Crippen LogP contribution in [0.2, 0.25) is 0 Å². The van der Waals surface area contributed by atoms with E-state index in [1.165, 1.54) is 24.0 Å². The second-order valence-electron chi connectivity index (χ2n) is 8.95. The fraction of sp³-hybridized carbons (Fsp3) is 0.682. The lowest BCUT2D eigenvalue weighted by molar-refractivity contribution is 0.0995. The van der Waals surface area contributed by atoms with E-state index in [-0.39, 0.29) is 11.6 Å². The van der Waals surface area contributed by atoms with Crippen molar-refractivity contribution in [1.82, 2.24) is 15.1 Å². The Bertz CT molecular complexity index is 628. The first-order valence-electron chi connectivity index (χ1n) is 10.2. The highest BCUT2D eigenvalue weighted by Crippen LogP contribution is 2.27. The standard InChI is InChI=1S/C22H35N3O/c1-17-8-7-11-20(14-17)24(4)21(26)23-16-22(2,3)25-13-12-18-9-5-6-10-19(18)15-25/h5-6,9-10,17,20H,7-8,11-16H2,1-4H3,(H,23,26). The van der Waals surface area contributed by atoms with E-state index in [2.05, 4.69) is 55.3 Å². The molecule has 2 aliphatic rings. The number of rotatable bonds is 4. The molecule has 1 aliphatic heterocycles. The number of nitrogens with zero attached hydrogens (tertiary/aromatic N) is 2. The topological polar surface area (TPSA) is 35.6 Å². The van der Waals surface area contributed by atoms with Crippen LogP contribution in [0.25, 0.3) is 0 Å². The quantitative estimate of drug-likeness (QED) is 0.882. The van der Waals surface area contributed by atoms with Gasteiger partial charge >= 0.3 is 6.03 Å². The molecule has 4 heteroatoms. The third-order valence-electron chi connectivity index (χ3n) is 6.44. The third kappa shape index (κ3) is 4.40. The van der Waals surface area contributed by atoms with Crippen molar-refractivity contribution in [3.8, 4) is 0 Å². The van der Waals surface area contributed by atoms with E-state index in [1.54, 1.807) is 0 Å². The average molecular weight is 358 g/mol. The van der Waals surface area contributed by atoms with E-state index in [9.17, 15) is 4.79 Å². The first kappa shape index (κ1) is 19.2. The number of amides is 2. The average Bonchev–Trinajstić information content (AvgIpc) is 2.65. The van der Waals surface area contributed by atoms with E-state index >= 15 is 0 Å². The minimum Gasteiger partial charge on any atom is -0.336 e. The number of fused-ring (bicyclic) bond motifs is 1. The molecule has 1 aromatic carbocycles. The van der Waals surface area contributed by atoms with Crippen molar-refractivity contribution >= 4 is 6.03 Å². The lowest BCUT2D eigenvalue weighted by atomic mass is 9.86. The van der Waals surface area contributed by atoms with Gasteiger partial charge in [0.1, 0.15) is 0 Å². The largest absolute Gasteiger partial charge is 0.336 e. The summed E-state index contributed by atoms with van der Waals surface area (Å²) in [6, 6.07) is 9.19. The number of benzene rings is 1. The molecule has 2 amide bonds. The highest BCUT2D eigenvalue weighted by molar-refractivity contribution is 5.74. The van der Waals surface area contributed by atoms with Gasteiger partial charge in [0.2, 0.25) is 0 Å². The molecule has 0 saturated heterocycles. The molecule has 26 heavy (non-hydrogen) atoms. The van der Waals surface area contributed by atoms with Gasteiger partial charge in [0.15, 0.2) is 0 Å². The second-order valence-corrected chi connectivity index (χ2v) is 8.95. The molecule has 0 radical (unpaired) electrons. The van der Waals surface area contributed by atoms with Crippen molar-refractivity contribution in [3.63, 3.8) is 0 Å². The van der Waals surface area contributed by atoms with E-state index in [0.29, 0.717) is 12.6 Å². The molecule has 1 heterocycles. The maximum atomic E-state index is 12.7. The van der Waals surface area contributed by atoms with Crippen molar-refractivity contribution in [2.75, 3.05) is 20.1 Å². The summed E-state index contributed by atoms with van der Waals surface area (Å²) in [4.78, 5) is 17.1. The van der Waals surface area contributed by atoms with Gasteiger partial charge in [-0.2, -0.15) is 0 Å². The number of hydrogen-bond donors (Lipinski definition) is 1. The third-order valence-corrected chi connectivity index (χ3v) is 6.44. The summed E-state index contributed by atoms with van der Waals surface area (Å²) in [7, 11) is 1.96. The van der Waals surface area contributed by atoms with Crippen LogP contribution in [0.4, 0.5) is 4.79 Å². The van der Waals surface area contributed by atoms with Crippen molar-refractivity contribution in [2.45, 2.75) is 71.0 Å². The molecule has 4 nitrogen and oxygen atoms in total. The Morgan fingerprint density at radius 2 is 2.00 bits per heavy atom. The molecule has 1 N–H and O–H groups in total. The monoisotopic (exact) mass is 357 g/mol. The lowest BCUT2D eigenvalue weighted by Crippen LogP contribution is -2.55. The second kappa shape index (κ2) is 7.99. The van der Waals surface area contributed by atoms with Gasteiger partial charge in [0, 0.05) is 38.3 Å². The summed E-state index contributed by atoms with van der Waals surface area (Å²) in [6.45, 7) is 9.48. The fourth-order valence-electron chi connectivity index (χ4n) is 4.46. The maximum Gasteiger partial charge on any atom is 0.317 e. The predicted octanol–water partition coefficient (Wildman–Crippen LogP) is 4.04. The Labute approximate surface area is 158 Å². The molecule has 1 aliphatic carbocycles. The predicted molar refractivity (Wildman–Crippen MR) is 107 cm³/mol. The molecular formula is C22H35N3O. The molecule has 0 spiro atoms. The Kier molecular flexibility index (Phi) is 5.91. The summed E-state index contributed by atoms with van der Waals surface area (Å²) in [5.74, 6) is 0.730. The van der Waals surface area contributed by atoms with Crippen LogP contribution in [0.1, 0.15) is 57.6 Å². The number of hydrogen-bond acceptors (Lipinski definition) is 2. The summed E-state index contributed by atoms with van der Waals surface area (Å²) in [6.07, 6.45) is 5.90. The zero-order valence-electron chi connectivity index (χ0n) is 16.9. The van der Waals surface area contributed by atoms with Crippen LogP contribution in [-0.4, -0.2) is 47.5 Å². The minimum atomic E-state index is -0.0517. The van der Waals surface area contributed by atoms with Crippen molar-refractivity contribution in [2.24, 2.45) is 5.92 Å². The van der Waals surface area contributed by atoms with Crippen LogP contribution in [0, 0.1) is 5.92 Å². The van der Waals surface area contributed by atoms with Crippen LogP contribution >= 0.6 is 0 Å². The van der Waals surface area contributed by atoms with Gasteiger partial charge in [-0.3, -0.25) is 4.90 Å². The number of carbonyl (C=O) groups is 1. The van der Waals surface area contributed by atoms with Crippen LogP contribution in [0.15, 0.2) is 24.3 Å². The van der Waals surface area contributed by atoms with Gasteiger partial charge < -0.3 is 10.2 Å². The van der Waals surface area contributed by atoms with Crippen molar-refractivity contribution in [3.05, 3.63) is 35.4 Å². The van der Waals surface area contributed by atoms with Crippen LogP contribution in [0.3, 0.4) is 0 Å². The van der Waals surface area contributed by atoms with Crippen molar-refractivity contribution < 1.29 is 4.79 Å². The SMILES string of the molecule is CC1CCCC(N(C)C(=O)NCC(C)(C)N2CCc3ccccc3C2)C1. The van der Waals surface area contributed by atoms with Gasteiger partial charge in [-0.1, -0.05) is 44.0 Å². The molecular weight excluding hydrogens is 322 g/mol. The Morgan fingerprint density at radius 1 is 1.27 bits per heavy atom. The smallest absolute Gasteiger partial charge is 0.317 e. The molecule has 1 fully saturated rings. The number of urea groups is 1. The van der Waals surface area contributed by atoms with E-state index < -0.39 is 0 Å². The zero-order valence-corrected chi connectivity index (χ0v) is 16.9. The maximum absolute atomic E-state index is 12.7. The molecule has 0 bridgehead atoms. The van der Waals surface area contributed by atoms with Gasteiger partial charge in [0.25, 0.3) is 0 Å². The Morgan fingerprint density at radius 3 is 2.73 bits per heavy atom. The molecule has 2 atom stereocenters. The molecule has 3 rings (SSSR count). The first-order chi connectivity index (χ1) is 12.4. The summed E-state index contributed by atoms with van der Waals surface area (Å²) in [5.41, 5.74) is 2.84. The number of nitrogens with one attached hydrogen (secondary N) is 1.